The molecule has 150 valence electrons. The minimum absolute atomic E-state index is 0.117. The number of aromatic nitrogens is 2. The van der Waals surface area contributed by atoms with Gasteiger partial charge in [-0.3, -0.25) is 0 Å². The van der Waals surface area contributed by atoms with Gasteiger partial charge in [-0.25, -0.2) is 14.8 Å². The highest BCUT2D eigenvalue weighted by Gasteiger charge is 2.26. The summed E-state index contributed by atoms with van der Waals surface area (Å²) in [7, 11) is 0. The molecule has 1 aromatic heterocycles. The first-order valence-corrected chi connectivity index (χ1v) is 9.80. The lowest BCUT2D eigenvalue weighted by Gasteiger charge is -2.32. The Morgan fingerprint density at radius 3 is 2.70 bits per heavy atom. The van der Waals surface area contributed by atoms with Crippen LogP contribution in [0.4, 0.5) is 16.4 Å². The zero-order valence-corrected chi connectivity index (χ0v) is 16.5. The van der Waals surface area contributed by atoms with Crippen molar-refractivity contribution in [2.45, 2.75) is 64.1 Å². The third kappa shape index (κ3) is 6.23. The van der Waals surface area contributed by atoms with Crippen molar-refractivity contribution in [3.05, 3.63) is 12.4 Å². The van der Waals surface area contributed by atoms with E-state index in [-0.39, 0.29) is 18.2 Å². The third-order valence-corrected chi connectivity index (χ3v) is 4.73. The van der Waals surface area contributed by atoms with Crippen molar-refractivity contribution >= 4 is 17.7 Å². The molecule has 2 N–H and O–H groups in total. The number of alkyl carbamates (subject to hydrolysis) is 1. The quantitative estimate of drug-likeness (QED) is 0.833. The lowest BCUT2D eigenvalue weighted by Crippen LogP contribution is -2.44. The van der Waals surface area contributed by atoms with Gasteiger partial charge in [0, 0.05) is 31.2 Å². The topological polar surface area (TPSA) is 88.6 Å². The standard InChI is InChI=1S/C19H31N5O3/c1-19(2,3)27-18(25)23-15-6-4-5-14(11-15)22-16-12-17(21-13-20-16)24-7-9-26-10-8-24/h12-15H,4-11H2,1-3H3,(H,23,25)(H,20,21,22). The second-order valence-electron chi connectivity index (χ2n) is 8.21. The van der Waals surface area contributed by atoms with Gasteiger partial charge >= 0.3 is 6.09 Å². The minimum atomic E-state index is -0.479. The highest BCUT2D eigenvalue weighted by atomic mass is 16.6. The Morgan fingerprint density at radius 1 is 1.22 bits per heavy atom. The number of amides is 1. The van der Waals surface area contributed by atoms with Gasteiger partial charge in [0.2, 0.25) is 0 Å². The molecule has 1 aliphatic carbocycles. The molecular weight excluding hydrogens is 346 g/mol. The van der Waals surface area contributed by atoms with E-state index in [4.69, 9.17) is 9.47 Å². The smallest absolute Gasteiger partial charge is 0.407 e. The van der Waals surface area contributed by atoms with Gasteiger partial charge in [-0.1, -0.05) is 0 Å². The van der Waals surface area contributed by atoms with Gasteiger partial charge in [-0.15, -0.1) is 0 Å². The molecular formula is C19H31N5O3. The van der Waals surface area contributed by atoms with Gasteiger partial charge in [-0.05, 0) is 46.5 Å². The molecule has 1 saturated carbocycles. The molecule has 1 aliphatic heterocycles. The zero-order chi connectivity index (χ0) is 19.3. The van der Waals surface area contributed by atoms with Crippen LogP contribution in [0, 0.1) is 0 Å². The first-order chi connectivity index (χ1) is 12.9. The van der Waals surface area contributed by atoms with Crippen LogP contribution in [0.1, 0.15) is 46.5 Å². The number of hydrogen-bond acceptors (Lipinski definition) is 7. The van der Waals surface area contributed by atoms with Crippen LogP contribution in [0.5, 0.6) is 0 Å². The molecule has 0 bridgehead atoms. The molecule has 2 unspecified atom stereocenters. The van der Waals surface area contributed by atoms with E-state index in [1.165, 1.54) is 0 Å². The average molecular weight is 377 g/mol. The summed E-state index contributed by atoms with van der Waals surface area (Å²) in [4.78, 5) is 23.0. The average Bonchev–Trinajstić information content (AvgIpc) is 2.61. The molecule has 2 aliphatic rings. The second-order valence-corrected chi connectivity index (χ2v) is 8.21. The Balaban J connectivity index is 1.53. The number of hydrogen-bond donors (Lipinski definition) is 2. The van der Waals surface area contributed by atoms with Gasteiger partial charge in [0.25, 0.3) is 0 Å². The van der Waals surface area contributed by atoms with Crippen LogP contribution < -0.4 is 15.5 Å². The van der Waals surface area contributed by atoms with Crippen LogP contribution in [-0.4, -0.2) is 60.0 Å². The number of rotatable bonds is 4. The van der Waals surface area contributed by atoms with Crippen LogP contribution >= 0.6 is 0 Å². The summed E-state index contributed by atoms with van der Waals surface area (Å²) in [6, 6.07) is 2.38. The summed E-state index contributed by atoms with van der Waals surface area (Å²) in [5, 5.41) is 6.51. The third-order valence-electron chi connectivity index (χ3n) is 4.73. The second kappa shape index (κ2) is 8.73. The van der Waals surface area contributed by atoms with Gasteiger partial charge in [0.15, 0.2) is 0 Å². The fourth-order valence-corrected chi connectivity index (χ4v) is 3.53. The highest BCUT2D eigenvalue weighted by molar-refractivity contribution is 5.68. The maximum absolute atomic E-state index is 12.0. The Labute approximate surface area is 161 Å². The molecule has 27 heavy (non-hydrogen) atoms. The summed E-state index contributed by atoms with van der Waals surface area (Å²) in [5.74, 6) is 1.75. The number of anilines is 2. The molecule has 8 heteroatoms. The Hall–Kier alpha value is -2.09. The molecule has 1 aromatic rings. The predicted octanol–water partition coefficient (Wildman–Crippen LogP) is 2.56. The summed E-state index contributed by atoms with van der Waals surface area (Å²) < 4.78 is 10.8. The van der Waals surface area contributed by atoms with E-state index >= 15 is 0 Å². The molecule has 1 saturated heterocycles. The van der Waals surface area contributed by atoms with E-state index in [2.05, 4.69) is 25.5 Å². The van der Waals surface area contributed by atoms with Crippen LogP contribution in [0.15, 0.2) is 12.4 Å². The number of carbonyl (C=O) groups is 1. The molecule has 0 radical (unpaired) electrons. The summed E-state index contributed by atoms with van der Waals surface area (Å²) in [6.45, 7) is 8.78. The van der Waals surface area contributed by atoms with E-state index in [9.17, 15) is 4.79 Å². The van der Waals surface area contributed by atoms with E-state index in [1.54, 1.807) is 6.33 Å². The van der Waals surface area contributed by atoms with E-state index in [1.807, 2.05) is 26.8 Å². The maximum Gasteiger partial charge on any atom is 0.407 e. The molecule has 1 amide bonds. The number of morpholine rings is 1. The van der Waals surface area contributed by atoms with Crippen molar-refractivity contribution in [1.29, 1.82) is 0 Å². The van der Waals surface area contributed by atoms with Crippen LogP contribution in [0.25, 0.3) is 0 Å². The van der Waals surface area contributed by atoms with Crippen molar-refractivity contribution in [2.75, 3.05) is 36.5 Å². The normalized spacial score (nSPS) is 23.6. The Kier molecular flexibility index (Phi) is 6.36. The number of carbonyl (C=O) groups excluding carboxylic acids is 1. The lowest BCUT2D eigenvalue weighted by atomic mass is 9.91. The largest absolute Gasteiger partial charge is 0.444 e. The zero-order valence-electron chi connectivity index (χ0n) is 16.5. The van der Waals surface area contributed by atoms with E-state index < -0.39 is 5.60 Å². The predicted molar refractivity (Wildman–Crippen MR) is 104 cm³/mol. The molecule has 0 aromatic carbocycles. The van der Waals surface area contributed by atoms with Gasteiger partial charge in [-0.2, -0.15) is 0 Å². The van der Waals surface area contributed by atoms with Crippen molar-refractivity contribution in [1.82, 2.24) is 15.3 Å². The molecule has 2 fully saturated rings. The number of nitrogens with zero attached hydrogens (tertiary/aromatic N) is 3. The summed E-state index contributed by atoms with van der Waals surface area (Å²) in [6.07, 6.45) is 5.20. The molecule has 2 atom stereocenters. The van der Waals surface area contributed by atoms with Gasteiger partial charge in [0.1, 0.15) is 23.6 Å². The van der Waals surface area contributed by atoms with Crippen molar-refractivity contribution in [3.63, 3.8) is 0 Å². The maximum atomic E-state index is 12.0. The van der Waals surface area contributed by atoms with Crippen molar-refractivity contribution in [3.8, 4) is 0 Å². The van der Waals surface area contributed by atoms with Crippen LogP contribution in [0.3, 0.4) is 0 Å². The number of nitrogens with one attached hydrogen (secondary N) is 2. The molecule has 2 heterocycles. The Bertz CT molecular complexity index is 628. The number of ether oxygens (including phenoxy) is 2. The van der Waals surface area contributed by atoms with Gasteiger partial charge < -0.3 is 25.0 Å². The van der Waals surface area contributed by atoms with E-state index in [0.29, 0.717) is 0 Å². The first-order valence-electron chi connectivity index (χ1n) is 9.80. The fourth-order valence-electron chi connectivity index (χ4n) is 3.53. The van der Waals surface area contributed by atoms with Crippen LogP contribution in [0.2, 0.25) is 0 Å². The van der Waals surface area contributed by atoms with Crippen molar-refractivity contribution < 1.29 is 14.3 Å². The van der Waals surface area contributed by atoms with Crippen molar-refractivity contribution in [2.24, 2.45) is 0 Å². The first kappa shape index (κ1) is 19.7. The molecule has 8 nitrogen and oxygen atoms in total. The Morgan fingerprint density at radius 2 is 1.96 bits per heavy atom. The summed E-state index contributed by atoms with van der Waals surface area (Å²) >= 11 is 0. The van der Waals surface area contributed by atoms with Crippen LogP contribution in [-0.2, 0) is 9.47 Å². The van der Waals surface area contributed by atoms with E-state index in [0.717, 1.165) is 63.6 Å². The molecule has 0 spiro atoms. The SMILES string of the molecule is CC(C)(C)OC(=O)NC1CCCC(Nc2cc(N3CCOCC3)ncn2)C1. The minimum Gasteiger partial charge on any atom is -0.444 e. The van der Waals surface area contributed by atoms with Gasteiger partial charge in [0.05, 0.1) is 13.2 Å². The summed E-state index contributed by atoms with van der Waals surface area (Å²) in [5.41, 5.74) is -0.479. The fraction of sp³-hybridized carbons (Fsp3) is 0.737. The lowest BCUT2D eigenvalue weighted by molar-refractivity contribution is 0.0492. The monoisotopic (exact) mass is 377 g/mol. The molecule has 3 rings (SSSR count). The highest BCUT2D eigenvalue weighted by Crippen LogP contribution is 2.23.